The standard InChI is InChI=1S/C7H6BrClN2O/c8-5-1-2-6(9)4(3-11-10)7(5)12/h1-3,12H,10H2. The molecule has 0 saturated heterocycles. The molecule has 1 rings (SSSR count). The summed E-state index contributed by atoms with van der Waals surface area (Å²) in [5, 5.41) is 13.1. The van der Waals surface area contributed by atoms with Crippen molar-refractivity contribution in [3.8, 4) is 5.75 Å². The first-order valence-corrected chi connectivity index (χ1v) is 4.24. The summed E-state index contributed by atoms with van der Waals surface area (Å²) < 4.78 is 0.557. The Labute approximate surface area is 83.0 Å². The minimum atomic E-state index is 0.0386. The molecule has 1 aromatic carbocycles. The van der Waals surface area contributed by atoms with Crippen LogP contribution in [-0.4, -0.2) is 11.3 Å². The van der Waals surface area contributed by atoms with Gasteiger partial charge >= 0.3 is 0 Å². The lowest BCUT2D eigenvalue weighted by Crippen LogP contribution is -1.89. The van der Waals surface area contributed by atoms with Crippen LogP contribution in [0.15, 0.2) is 21.7 Å². The van der Waals surface area contributed by atoms with Gasteiger partial charge in [-0.15, -0.1) is 0 Å². The van der Waals surface area contributed by atoms with Crippen LogP contribution in [0, 0.1) is 0 Å². The number of phenolic OH excluding ortho intramolecular Hbond substituents is 1. The van der Waals surface area contributed by atoms with Crippen molar-refractivity contribution in [1.82, 2.24) is 0 Å². The first-order valence-electron chi connectivity index (χ1n) is 3.07. The van der Waals surface area contributed by atoms with Crippen molar-refractivity contribution >= 4 is 33.7 Å². The van der Waals surface area contributed by atoms with Gasteiger partial charge in [0.15, 0.2) is 0 Å². The zero-order chi connectivity index (χ0) is 9.14. The molecule has 3 nitrogen and oxygen atoms in total. The van der Waals surface area contributed by atoms with Crippen LogP contribution < -0.4 is 5.84 Å². The summed E-state index contributed by atoms with van der Waals surface area (Å²) in [6.45, 7) is 0. The summed E-state index contributed by atoms with van der Waals surface area (Å²) in [6.07, 6.45) is 1.29. The quantitative estimate of drug-likeness (QED) is 0.455. The molecular formula is C7H6BrClN2O. The van der Waals surface area contributed by atoms with Gasteiger partial charge in [0.1, 0.15) is 5.75 Å². The molecule has 0 amide bonds. The largest absolute Gasteiger partial charge is 0.506 e. The van der Waals surface area contributed by atoms with E-state index < -0.39 is 0 Å². The van der Waals surface area contributed by atoms with Gasteiger partial charge in [0, 0.05) is 0 Å². The molecule has 0 radical (unpaired) electrons. The number of nitrogens with zero attached hydrogens (tertiary/aromatic N) is 1. The topological polar surface area (TPSA) is 58.6 Å². The van der Waals surface area contributed by atoms with E-state index in [2.05, 4.69) is 21.0 Å². The number of phenols is 1. The van der Waals surface area contributed by atoms with Crippen molar-refractivity contribution in [2.24, 2.45) is 10.9 Å². The van der Waals surface area contributed by atoms with Crippen molar-refractivity contribution in [3.05, 3.63) is 27.2 Å². The second-order valence-electron chi connectivity index (χ2n) is 2.07. The molecule has 0 spiro atoms. The smallest absolute Gasteiger partial charge is 0.140 e. The molecule has 0 fully saturated rings. The van der Waals surface area contributed by atoms with E-state index in [0.29, 0.717) is 15.1 Å². The third-order valence-corrected chi connectivity index (χ3v) is 2.29. The van der Waals surface area contributed by atoms with E-state index in [0.717, 1.165) is 0 Å². The molecule has 64 valence electrons. The lowest BCUT2D eigenvalue weighted by atomic mass is 10.2. The second-order valence-corrected chi connectivity index (χ2v) is 3.33. The summed E-state index contributed by atoms with van der Waals surface area (Å²) in [4.78, 5) is 0. The SMILES string of the molecule is NN=Cc1c(Cl)ccc(Br)c1O. The normalized spacial score (nSPS) is 10.8. The summed E-state index contributed by atoms with van der Waals surface area (Å²) in [6, 6.07) is 3.29. The van der Waals surface area contributed by atoms with Gasteiger partial charge in [-0.3, -0.25) is 0 Å². The highest BCUT2D eigenvalue weighted by Gasteiger charge is 2.07. The average Bonchev–Trinajstić information content (AvgIpc) is 2.06. The van der Waals surface area contributed by atoms with Crippen LogP contribution >= 0.6 is 27.5 Å². The van der Waals surface area contributed by atoms with E-state index in [-0.39, 0.29) is 5.75 Å². The number of hydrazone groups is 1. The van der Waals surface area contributed by atoms with Gasteiger partial charge in [-0.1, -0.05) is 11.6 Å². The highest BCUT2D eigenvalue weighted by Crippen LogP contribution is 2.31. The molecule has 0 heterocycles. The number of benzene rings is 1. The number of halogens is 2. The van der Waals surface area contributed by atoms with Gasteiger partial charge in [-0.05, 0) is 28.1 Å². The zero-order valence-corrected chi connectivity index (χ0v) is 8.30. The van der Waals surface area contributed by atoms with Gasteiger partial charge in [0.05, 0.1) is 21.3 Å². The van der Waals surface area contributed by atoms with Gasteiger partial charge in [0.2, 0.25) is 0 Å². The number of aromatic hydroxyl groups is 1. The molecule has 0 atom stereocenters. The maximum Gasteiger partial charge on any atom is 0.140 e. The lowest BCUT2D eigenvalue weighted by molar-refractivity contribution is 0.471. The Hall–Kier alpha value is -0.740. The predicted octanol–water partition coefficient (Wildman–Crippen LogP) is 2.10. The predicted molar refractivity (Wildman–Crippen MR) is 52.6 cm³/mol. The molecule has 0 aliphatic rings. The Bertz CT molecular complexity index is 327. The maximum atomic E-state index is 9.43. The van der Waals surface area contributed by atoms with Crippen molar-refractivity contribution in [2.45, 2.75) is 0 Å². The van der Waals surface area contributed by atoms with Crippen LogP contribution in [-0.2, 0) is 0 Å². The molecule has 0 aromatic heterocycles. The third kappa shape index (κ3) is 1.70. The lowest BCUT2D eigenvalue weighted by Gasteiger charge is -2.02. The Morgan fingerprint density at radius 2 is 2.25 bits per heavy atom. The highest BCUT2D eigenvalue weighted by molar-refractivity contribution is 9.10. The van der Waals surface area contributed by atoms with E-state index in [1.54, 1.807) is 12.1 Å². The number of rotatable bonds is 1. The van der Waals surface area contributed by atoms with Gasteiger partial charge < -0.3 is 10.9 Å². The fraction of sp³-hybridized carbons (Fsp3) is 0. The fourth-order valence-electron chi connectivity index (χ4n) is 0.754. The van der Waals surface area contributed by atoms with E-state index in [4.69, 9.17) is 17.4 Å². The summed E-state index contributed by atoms with van der Waals surface area (Å²) in [5.74, 6) is 4.97. The minimum absolute atomic E-state index is 0.0386. The Balaban J connectivity index is 3.32. The molecule has 0 aliphatic carbocycles. The molecule has 0 saturated carbocycles. The van der Waals surface area contributed by atoms with Crippen molar-refractivity contribution < 1.29 is 5.11 Å². The number of nitrogens with two attached hydrogens (primary N) is 1. The highest BCUT2D eigenvalue weighted by atomic mass is 79.9. The molecule has 1 aromatic rings. The van der Waals surface area contributed by atoms with Crippen LogP contribution in [0.1, 0.15) is 5.56 Å². The molecule has 0 bridgehead atoms. The summed E-state index contributed by atoms with van der Waals surface area (Å²) in [7, 11) is 0. The van der Waals surface area contributed by atoms with Gasteiger partial charge in [0.25, 0.3) is 0 Å². The maximum absolute atomic E-state index is 9.43. The van der Waals surface area contributed by atoms with Crippen molar-refractivity contribution in [3.63, 3.8) is 0 Å². The van der Waals surface area contributed by atoms with E-state index in [1.165, 1.54) is 6.21 Å². The summed E-state index contributed by atoms with van der Waals surface area (Å²) in [5.41, 5.74) is 0.411. The van der Waals surface area contributed by atoms with Crippen LogP contribution in [0.3, 0.4) is 0 Å². The molecule has 3 N–H and O–H groups in total. The van der Waals surface area contributed by atoms with E-state index in [9.17, 15) is 5.11 Å². The fourth-order valence-corrected chi connectivity index (χ4v) is 1.30. The van der Waals surface area contributed by atoms with E-state index >= 15 is 0 Å². The van der Waals surface area contributed by atoms with Crippen molar-refractivity contribution in [2.75, 3.05) is 0 Å². The third-order valence-electron chi connectivity index (χ3n) is 1.32. The Morgan fingerprint density at radius 1 is 1.58 bits per heavy atom. The minimum Gasteiger partial charge on any atom is -0.506 e. The molecule has 0 unspecified atom stereocenters. The number of hydrogen-bond donors (Lipinski definition) is 2. The Morgan fingerprint density at radius 3 is 2.83 bits per heavy atom. The average molecular weight is 249 g/mol. The van der Waals surface area contributed by atoms with Crippen LogP contribution in [0.2, 0.25) is 5.02 Å². The van der Waals surface area contributed by atoms with E-state index in [1.807, 2.05) is 0 Å². The van der Waals surface area contributed by atoms with Gasteiger partial charge in [-0.25, -0.2) is 0 Å². The molecule has 12 heavy (non-hydrogen) atoms. The van der Waals surface area contributed by atoms with Crippen LogP contribution in [0.4, 0.5) is 0 Å². The first-order chi connectivity index (χ1) is 5.66. The Kier molecular flexibility index (Phi) is 2.94. The van der Waals surface area contributed by atoms with Crippen LogP contribution in [0.5, 0.6) is 5.75 Å². The van der Waals surface area contributed by atoms with Crippen LogP contribution in [0.25, 0.3) is 0 Å². The molecular weight excluding hydrogens is 243 g/mol. The number of hydrogen-bond acceptors (Lipinski definition) is 3. The molecule has 0 aliphatic heterocycles. The zero-order valence-electron chi connectivity index (χ0n) is 5.96. The second kappa shape index (κ2) is 3.78. The molecule has 5 heteroatoms. The van der Waals surface area contributed by atoms with Gasteiger partial charge in [-0.2, -0.15) is 5.10 Å². The monoisotopic (exact) mass is 248 g/mol. The first kappa shape index (κ1) is 9.35. The van der Waals surface area contributed by atoms with Crippen molar-refractivity contribution in [1.29, 1.82) is 0 Å². The summed E-state index contributed by atoms with van der Waals surface area (Å²) >= 11 is 8.89.